The standard InChI is InChI=1S/C25H42O4S2/c1-4-30-25(31-5-2)21-14-8-6-7-11-16-22(26)17-12-9-10-13-18-23(27)19-15-20-24(28)29-3/h7,9-13,17-18,22-23,25-27H,4-6,8,14-16,19-21H2,1-3H3/b10-9+,11-7-,17-12+,18-13-/t22-,23-/m1/s1. The summed E-state index contributed by atoms with van der Waals surface area (Å²) in [5.74, 6) is 2.12. The maximum Gasteiger partial charge on any atom is 0.305 e. The zero-order chi connectivity index (χ0) is 23.2. The summed E-state index contributed by atoms with van der Waals surface area (Å²) in [4.78, 5) is 11.0. The van der Waals surface area contributed by atoms with E-state index in [0.717, 1.165) is 11.0 Å². The van der Waals surface area contributed by atoms with Crippen LogP contribution in [-0.4, -0.2) is 51.6 Å². The van der Waals surface area contributed by atoms with E-state index in [0.29, 0.717) is 25.7 Å². The van der Waals surface area contributed by atoms with Gasteiger partial charge in [0.05, 0.1) is 23.9 Å². The third kappa shape index (κ3) is 20.7. The number of carbonyl (C=O) groups excluding carboxylic acids is 1. The van der Waals surface area contributed by atoms with Gasteiger partial charge in [0, 0.05) is 6.42 Å². The lowest BCUT2D eigenvalue weighted by atomic mass is 10.1. The molecular formula is C25H42O4S2. The van der Waals surface area contributed by atoms with Gasteiger partial charge in [-0.1, -0.05) is 68.9 Å². The van der Waals surface area contributed by atoms with Gasteiger partial charge in [-0.2, -0.15) is 0 Å². The van der Waals surface area contributed by atoms with E-state index in [1.54, 1.807) is 18.2 Å². The molecule has 0 bridgehead atoms. The topological polar surface area (TPSA) is 66.8 Å². The molecule has 0 saturated heterocycles. The highest BCUT2D eigenvalue weighted by Crippen LogP contribution is 2.28. The largest absolute Gasteiger partial charge is 0.469 e. The lowest BCUT2D eigenvalue weighted by Crippen LogP contribution is -2.05. The summed E-state index contributed by atoms with van der Waals surface area (Å²) in [5, 5.41) is 19.8. The number of allylic oxidation sites excluding steroid dienone is 5. The number of aliphatic hydroxyl groups excluding tert-OH is 2. The molecule has 0 rings (SSSR count). The van der Waals surface area contributed by atoms with E-state index < -0.39 is 12.2 Å². The average Bonchev–Trinajstić information content (AvgIpc) is 2.75. The van der Waals surface area contributed by atoms with Crippen LogP contribution < -0.4 is 0 Å². The highest BCUT2D eigenvalue weighted by atomic mass is 32.2. The molecule has 178 valence electrons. The van der Waals surface area contributed by atoms with Crippen molar-refractivity contribution in [1.29, 1.82) is 0 Å². The maximum atomic E-state index is 11.0. The van der Waals surface area contributed by atoms with Crippen LogP contribution in [0.25, 0.3) is 0 Å². The first-order chi connectivity index (χ1) is 15.0. The molecule has 2 atom stereocenters. The van der Waals surface area contributed by atoms with E-state index in [-0.39, 0.29) is 5.97 Å². The van der Waals surface area contributed by atoms with Gasteiger partial charge in [0.1, 0.15) is 0 Å². The molecule has 0 aliphatic carbocycles. The zero-order valence-electron chi connectivity index (χ0n) is 19.4. The molecule has 0 aromatic rings. The molecule has 0 aromatic carbocycles. The van der Waals surface area contributed by atoms with E-state index in [4.69, 9.17) is 0 Å². The van der Waals surface area contributed by atoms with Gasteiger partial charge in [-0.15, -0.1) is 23.5 Å². The second-order valence-electron chi connectivity index (χ2n) is 7.09. The number of hydrogen-bond acceptors (Lipinski definition) is 6. The van der Waals surface area contributed by atoms with Crippen LogP contribution in [0.4, 0.5) is 0 Å². The number of esters is 1. The molecule has 6 heteroatoms. The summed E-state index contributed by atoms with van der Waals surface area (Å²) in [5.41, 5.74) is 0. The Kier molecular flexibility index (Phi) is 21.6. The summed E-state index contributed by atoms with van der Waals surface area (Å²) in [6.07, 6.45) is 20.7. The van der Waals surface area contributed by atoms with E-state index in [2.05, 4.69) is 54.3 Å². The SMILES string of the molecule is CCSC(CCCC/C=C\C[C@@H](O)/C=C/C=C/C=C\[C@@H](O)CCCC(=O)OC)SCC. The van der Waals surface area contributed by atoms with Gasteiger partial charge in [0.15, 0.2) is 0 Å². The van der Waals surface area contributed by atoms with Gasteiger partial charge in [0.2, 0.25) is 0 Å². The summed E-state index contributed by atoms with van der Waals surface area (Å²) < 4.78 is 5.30. The molecule has 0 aromatic heterocycles. The first kappa shape index (κ1) is 30.0. The first-order valence-corrected chi connectivity index (χ1v) is 13.5. The average molecular weight is 471 g/mol. The molecule has 0 unspecified atom stereocenters. The minimum atomic E-state index is -0.573. The lowest BCUT2D eigenvalue weighted by Gasteiger charge is -2.13. The Morgan fingerprint density at radius 3 is 2.13 bits per heavy atom. The molecular weight excluding hydrogens is 428 g/mol. The second-order valence-corrected chi connectivity index (χ2v) is 10.3. The van der Waals surface area contributed by atoms with Crippen LogP contribution in [0.15, 0.2) is 48.6 Å². The zero-order valence-corrected chi connectivity index (χ0v) is 21.1. The van der Waals surface area contributed by atoms with Crippen LogP contribution in [0.5, 0.6) is 0 Å². The molecule has 4 nitrogen and oxygen atoms in total. The molecule has 0 radical (unpaired) electrons. The Morgan fingerprint density at radius 1 is 0.871 bits per heavy atom. The summed E-state index contributed by atoms with van der Waals surface area (Å²) in [7, 11) is 1.36. The van der Waals surface area contributed by atoms with Crippen LogP contribution in [0.2, 0.25) is 0 Å². The highest BCUT2D eigenvalue weighted by molar-refractivity contribution is 8.16. The molecule has 0 aliphatic rings. The molecule has 0 spiro atoms. The van der Waals surface area contributed by atoms with Crippen molar-refractivity contribution in [3.63, 3.8) is 0 Å². The van der Waals surface area contributed by atoms with Gasteiger partial charge in [0.25, 0.3) is 0 Å². The third-order valence-corrected chi connectivity index (χ3v) is 7.12. The minimum Gasteiger partial charge on any atom is -0.469 e. The number of thioether (sulfide) groups is 2. The summed E-state index contributed by atoms with van der Waals surface area (Å²) >= 11 is 4.12. The number of unbranched alkanes of at least 4 members (excludes halogenated alkanes) is 2. The number of rotatable bonds is 19. The summed E-state index contributed by atoms with van der Waals surface area (Å²) in [6.45, 7) is 4.45. The maximum absolute atomic E-state index is 11.0. The van der Waals surface area contributed by atoms with E-state index in [1.165, 1.54) is 37.9 Å². The normalized spacial score (nSPS) is 14.5. The number of methoxy groups -OCH3 is 1. The van der Waals surface area contributed by atoms with Crippen molar-refractivity contribution in [2.24, 2.45) is 0 Å². The fourth-order valence-electron chi connectivity index (χ4n) is 2.76. The van der Waals surface area contributed by atoms with Crippen LogP contribution in [0.1, 0.15) is 65.2 Å². The molecule has 0 heterocycles. The Hall–Kier alpha value is -0.950. The van der Waals surface area contributed by atoms with Crippen molar-refractivity contribution in [2.45, 2.75) is 82.0 Å². The number of carbonyl (C=O) groups is 1. The monoisotopic (exact) mass is 470 g/mol. The van der Waals surface area contributed by atoms with E-state index >= 15 is 0 Å². The number of ether oxygens (including phenoxy) is 1. The highest BCUT2D eigenvalue weighted by Gasteiger charge is 2.06. The Morgan fingerprint density at radius 2 is 1.52 bits per heavy atom. The van der Waals surface area contributed by atoms with Crippen molar-refractivity contribution in [3.05, 3.63) is 48.6 Å². The van der Waals surface area contributed by atoms with Crippen LogP contribution >= 0.6 is 23.5 Å². The molecule has 0 amide bonds. The number of hydrogen-bond donors (Lipinski definition) is 2. The molecule has 0 aliphatic heterocycles. The van der Waals surface area contributed by atoms with Gasteiger partial charge in [-0.3, -0.25) is 4.79 Å². The Labute approximate surface area is 198 Å². The summed E-state index contributed by atoms with van der Waals surface area (Å²) in [6, 6.07) is 0. The predicted molar refractivity (Wildman–Crippen MR) is 138 cm³/mol. The quantitative estimate of drug-likeness (QED) is 0.0786. The fourth-order valence-corrected chi connectivity index (χ4v) is 5.37. The molecule has 2 N–H and O–H groups in total. The van der Waals surface area contributed by atoms with Crippen molar-refractivity contribution in [1.82, 2.24) is 0 Å². The van der Waals surface area contributed by atoms with Crippen LogP contribution in [0, 0.1) is 0 Å². The molecule has 0 fully saturated rings. The van der Waals surface area contributed by atoms with Gasteiger partial charge in [-0.25, -0.2) is 0 Å². The van der Waals surface area contributed by atoms with Crippen LogP contribution in [-0.2, 0) is 9.53 Å². The second kappa shape index (κ2) is 22.3. The first-order valence-electron chi connectivity index (χ1n) is 11.4. The Balaban J connectivity index is 3.86. The van der Waals surface area contributed by atoms with Gasteiger partial charge in [-0.05, 0) is 50.0 Å². The van der Waals surface area contributed by atoms with Crippen molar-refractivity contribution in [3.8, 4) is 0 Å². The van der Waals surface area contributed by atoms with Crippen LogP contribution in [0.3, 0.4) is 0 Å². The van der Waals surface area contributed by atoms with Gasteiger partial charge < -0.3 is 14.9 Å². The number of aliphatic hydroxyl groups is 2. The van der Waals surface area contributed by atoms with E-state index in [9.17, 15) is 15.0 Å². The smallest absolute Gasteiger partial charge is 0.305 e. The third-order valence-electron chi connectivity index (χ3n) is 4.42. The molecule has 0 saturated carbocycles. The van der Waals surface area contributed by atoms with Crippen molar-refractivity contribution < 1.29 is 19.7 Å². The van der Waals surface area contributed by atoms with Gasteiger partial charge >= 0.3 is 5.97 Å². The molecule has 31 heavy (non-hydrogen) atoms. The minimum absolute atomic E-state index is 0.254. The van der Waals surface area contributed by atoms with Crippen molar-refractivity contribution in [2.75, 3.05) is 18.6 Å². The van der Waals surface area contributed by atoms with E-state index in [1.807, 2.05) is 18.2 Å². The lowest BCUT2D eigenvalue weighted by molar-refractivity contribution is -0.140. The Bertz CT molecular complexity index is 538. The predicted octanol–water partition coefficient (Wildman–Crippen LogP) is 6.06. The van der Waals surface area contributed by atoms with Crippen molar-refractivity contribution >= 4 is 29.5 Å². The fraction of sp³-hybridized carbons (Fsp3) is 0.640.